The Morgan fingerprint density at radius 2 is 1.63 bits per heavy atom. The molecule has 0 unspecified atom stereocenters. The maximum Gasteiger partial charge on any atom is 0.325 e. The van der Waals surface area contributed by atoms with Crippen LogP contribution in [0.15, 0.2) is 82.5 Å². The van der Waals surface area contributed by atoms with E-state index in [9.17, 15) is 34.1 Å². The van der Waals surface area contributed by atoms with E-state index in [1.807, 2.05) is 4.98 Å². The quantitative estimate of drug-likeness (QED) is 0.200. The zero-order valence-corrected chi connectivity index (χ0v) is 19.1. The molecule has 4 aromatic rings. The van der Waals surface area contributed by atoms with Gasteiger partial charge in [0.05, 0.1) is 27.8 Å². The molecule has 0 radical (unpaired) electrons. The first-order chi connectivity index (χ1) is 18.2. The first-order valence-electron chi connectivity index (χ1n) is 10.9. The lowest BCUT2D eigenvalue weighted by Gasteiger charge is -2.15. The maximum atomic E-state index is 13.2. The fourth-order valence-electron chi connectivity index (χ4n) is 3.80. The summed E-state index contributed by atoms with van der Waals surface area (Å²) < 4.78 is 5.65. The van der Waals surface area contributed by atoms with E-state index in [2.05, 4.69) is 10.3 Å². The summed E-state index contributed by atoms with van der Waals surface area (Å²) in [6.07, 6.45) is 1.04. The molecule has 1 aliphatic heterocycles. The minimum absolute atomic E-state index is 0.0411. The number of carbonyl (C=O) groups is 3. The van der Waals surface area contributed by atoms with Gasteiger partial charge in [-0.05, 0) is 42.5 Å². The van der Waals surface area contributed by atoms with Gasteiger partial charge in [-0.3, -0.25) is 34.3 Å². The Morgan fingerprint density at radius 1 is 0.895 bits per heavy atom. The molecule has 13 heteroatoms. The number of nitrogens with zero attached hydrogens (tertiary/aromatic N) is 2. The predicted molar refractivity (Wildman–Crippen MR) is 133 cm³/mol. The van der Waals surface area contributed by atoms with Gasteiger partial charge in [-0.1, -0.05) is 12.1 Å². The van der Waals surface area contributed by atoms with Crippen LogP contribution in [0.1, 0.15) is 31.1 Å². The lowest BCUT2D eigenvalue weighted by atomic mass is 10.1. The molecular weight excluding hydrogens is 498 g/mol. The molecular formula is C25H15N5O8. The number of ether oxygens (including phenoxy) is 1. The molecule has 1 aliphatic rings. The van der Waals surface area contributed by atoms with Crippen molar-refractivity contribution in [2.75, 3.05) is 10.2 Å². The predicted octanol–water partition coefficient (Wildman–Crippen LogP) is 2.82. The number of aromatic nitrogens is 2. The van der Waals surface area contributed by atoms with Crippen LogP contribution in [0.4, 0.5) is 17.1 Å². The van der Waals surface area contributed by atoms with Crippen molar-refractivity contribution in [2.45, 2.75) is 0 Å². The van der Waals surface area contributed by atoms with Gasteiger partial charge >= 0.3 is 5.69 Å². The van der Waals surface area contributed by atoms with Crippen LogP contribution < -0.4 is 26.2 Å². The Hall–Kier alpha value is -5.85. The Morgan fingerprint density at radius 3 is 2.39 bits per heavy atom. The molecule has 0 aliphatic carbocycles. The molecule has 0 fully saturated rings. The summed E-state index contributed by atoms with van der Waals surface area (Å²) in [5, 5.41) is 13.4. The van der Waals surface area contributed by atoms with E-state index >= 15 is 0 Å². The van der Waals surface area contributed by atoms with E-state index < -0.39 is 33.9 Å². The summed E-state index contributed by atoms with van der Waals surface area (Å²) in [6, 6.07) is 15.4. The summed E-state index contributed by atoms with van der Waals surface area (Å²) in [7, 11) is 0. The number of fused-ring (bicyclic) bond motifs is 1. The molecule has 1 aromatic heterocycles. The lowest BCUT2D eigenvalue weighted by Crippen LogP contribution is -2.30. The van der Waals surface area contributed by atoms with E-state index in [-0.39, 0.29) is 45.3 Å². The van der Waals surface area contributed by atoms with Crippen LogP contribution in [0.25, 0.3) is 0 Å². The number of hydrogen-bond donors (Lipinski definition) is 3. The smallest absolute Gasteiger partial charge is 0.325 e. The number of carbonyl (C=O) groups excluding carboxylic acids is 3. The maximum absolute atomic E-state index is 13.2. The van der Waals surface area contributed by atoms with Gasteiger partial charge in [-0.2, -0.15) is 0 Å². The fourth-order valence-corrected chi connectivity index (χ4v) is 3.80. The number of non-ortho nitro benzene ring substituents is 1. The topological polar surface area (TPSA) is 185 Å². The van der Waals surface area contributed by atoms with Crippen LogP contribution in [0, 0.1) is 10.1 Å². The van der Waals surface area contributed by atoms with Gasteiger partial charge < -0.3 is 15.0 Å². The third-order valence-electron chi connectivity index (χ3n) is 5.56. The summed E-state index contributed by atoms with van der Waals surface area (Å²) >= 11 is 0. The van der Waals surface area contributed by atoms with Crippen molar-refractivity contribution < 1.29 is 24.0 Å². The molecule has 5 rings (SSSR count). The molecule has 13 nitrogen and oxygen atoms in total. The van der Waals surface area contributed by atoms with Crippen molar-refractivity contribution in [1.82, 2.24) is 9.97 Å². The highest BCUT2D eigenvalue weighted by Crippen LogP contribution is 2.33. The molecule has 0 bridgehead atoms. The minimum atomic E-state index is -0.804. The molecule has 3 aromatic carbocycles. The highest BCUT2D eigenvalue weighted by atomic mass is 16.6. The molecule has 0 spiro atoms. The van der Waals surface area contributed by atoms with Crippen molar-refractivity contribution >= 4 is 34.8 Å². The molecule has 38 heavy (non-hydrogen) atoms. The molecule has 3 amide bonds. The fraction of sp³-hybridized carbons (Fsp3) is 0. The molecule has 0 saturated heterocycles. The number of nitro benzene ring substituents is 1. The van der Waals surface area contributed by atoms with E-state index in [4.69, 9.17) is 4.74 Å². The number of benzene rings is 3. The van der Waals surface area contributed by atoms with Crippen LogP contribution in [0.2, 0.25) is 0 Å². The summed E-state index contributed by atoms with van der Waals surface area (Å²) in [5.41, 5.74) is -1.60. The Bertz CT molecular complexity index is 1770. The van der Waals surface area contributed by atoms with Gasteiger partial charge in [0.15, 0.2) is 0 Å². The molecule has 2 heterocycles. The summed E-state index contributed by atoms with van der Waals surface area (Å²) in [6.45, 7) is 0. The first kappa shape index (κ1) is 23.9. The number of anilines is 2. The SMILES string of the molecule is O=C(Nc1c[nH]c(=O)[nH]c1=O)c1cccc(N2C(=O)c3ccc(Oc4cccc([N+](=O)[O-])c4)cc3C2=O)c1. The van der Waals surface area contributed by atoms with Gasteiger partial charge in [0, 0.05) is 17.8 Å². The number of rotatable bonds is 6. The van der Waals surface area contributed by atoms with Crippen LogP contribution in [0.5, 0.6) is 11.5 Å². The van der Waals surface area contributed by atoms with Gasteiger partial charge in [0.1, 0.15) is 17.2 Å². The Balaban J connectivity index is 1.39. The zero-order valence-electron chi connectivity index (χ0n) is 19.1. The molecule has 3 N–H and O–H groups in total. The largest absolute Gasteiger partial charge is 0.457 e. The van der Waals surface area contributed by atoms with E-state index in [0.29, 0.717) is 0 Å². The van der Waals surface area contributed by atoms with Crippen LogP contribution in [-0.4, -0.2) is 32.6 Å². The highest BCUT2D eigenvalue weighted by Gasteiger charge is 2.37. The number of aromatic amines is 2. The normalized spacial score (nSPS) is 12.3. The number of hydrogen-bond acceptors (Lipinski definition) is 8. The average Bonchev–Trinajstić information content (AvgIpc) is 3.15. The summed E-state index contributed by atoms with van der Waals surface area (Å²) in [5.74, 6) is -1.64. The minimum Gasteiger partial charge on any atom is -0.457 e. The van der Waals surface area contributed by atoms with Crippen molar-refractivity contribution in [3.8, 4) is 11.5 Å². The molecule has 188 valence electrons. The zero-order chi connectivity index (χ0) is 27.0. The van der Waals surface area contributed by atoms with Crippen molar-refractivity contribution in [1.29, 1.82) is 0 Å². The van der Waals surface area contributed by atoms with Crippen LogP contribution >= 0.6 is 0 Å². The van der Waals surface area contributed by atoms with Gasteiger partial charge in [-0.15, -0.1) is 0 Å². The second-order valence-corrected chi connectivity index (χ2v) is 8.00. The molecule has 0 saturated carbocycles. The highest BCUT2D eigenvalue weighted by molar-refractivity contribution is 6.34. The number of imide groups is 1. The van der Waals surface area contributed by atoms with Crippen molar-refractivity contribution in [3.63, 3.8) is 0 Å². The standard InChI is InChI=1S/C25H15N5O8/c31-21(27-20-12-26-25(35)28-22(20)32)13-3-1-4-14(9-13)29-23(33)18-8-7-17(11-19(18)24(29)34)38-16-6-2-5-15(10-16)30(36)37/h1-12H,(H,27,31)(H2,26,28,32,35). The van der Waals surface area contributed by atoms with Crippen LogP contribution in [-0.2, 0) is 0 Å². The Kier molecular flexibility index (Phi) is 5.85. The van der Waals surface area contributed by atoms with Gasteiger partial charge in [0.25, 0.3) is 29.0 Å². The molecule has 0 atom stereocenters. The second-order valence-electron chi connectivity index (χ2n) is 8.00. The monoisotopic (exact) mass is 513 g/mol. The van der Waals surface area contributed by atoms with Gasteiger partial charge in [-0.25, -0.2) is 9.69 Å². The second kappa shape index (κ2) is 9.31. The van der Waals surface area contributed by atoms with Crippen molar-refractivity contribution in [3.05, 3.63) is 121 Å². The summed E-state index contributed by atoms with van der Waals surface area (Å²) in [4.78, 5) is 77.5. The first-order valence-corrected chi connectivity index (χ1v) is 10.9. The third-order valence-corrected chi connectivity index (χ3v) is 5.56. The number of nitrogens with one attached hydrogen (secondary N) is 3. The van der Waals surface area contributed by atoms with Gasteiger partial charge in [0.2, 0.25) is 0 Å². The van der Waals surface area contributed by atoms with Crippen LogP contribution in [0.3, 0.4) is 0 Å². The number of H-pyrrole nitrogens is 2. The lowest BCUT2D eigenvalue weighted by molar-refractivity contribution is -0.384. The number of nitro groups is 1. The van der Waals surface area contributed by atoms with E-state index in [1.165, 1.54) is 66.7 Å². The number of amides is 3. The van der Waals surface area contributed by atoms with Crippen molar-refractivity contribution in [2.24, 2.45) is 0 Å². The van der Waals surface area contributed by atoms with E-state index in [0.717, 1.165) is 11.1 Å². The van der Waals surface area contributed by atoms with E-state index in [1.54, 1.807) is 0 Å². The third kappa shape index (κ3) is 4.42. The Labute approximate surface area is 211 Å². The average molecular weight is 513 g/mol.